The molecule has 166 valence electrons. The van der Waals surface area contributed by atoms with E-state index in [1.54, 1.807) is 13.8 Å². The van der Waals surface area contributed by atoms with Crippen molar-refractivity contribution in [3.8, 4) is 0 Å². The van der Waals surface area contributed by atoms with Crippen LogP contribution in [-0.4, -0.2) is 34.2 Å². The maximum Gasteiger partial charge on any atom is 0.433 e. The summed E-state index contributed by atoms with van der Waals surface area (Å²) in [4.78, 5) is 0. The van der Waals surface area contributed by atoms with Crippen LogP contribution in [0.1, 0.15) is 50.8 Å². The Morgan fingerprint density at radius 3 is 2.73 bits per heavy atom. The van der Waals surface area contributed by atoms with E-state index < -0.39 is 24.0 Å². The van der Waals surface area contributed by atoms with Gasteiger partial charge in [0.05, 0.1) is 12.9 Å². The van der Waals surface area contributed by atoms with Crippen LogP contribution in [0, 0.1) is 34.0 Å². The third-order valence-corrected chi connectivity index (χ3v) is 8.74. The van der Waals surface area contributed by atoms with Crippen molar-refractivity contribution in [3.05, 3.63) is 23.5 Å². The largest absolute Gasteiger partial charge is 0.433 e. The minimum Gasteiger partial charge on any atom is -0.396 e. The molecule has 30 heavy (non-hydrogen) atoms. The minimum atomic E-state index is -4.55. The van der Waals surface area contributed by atoms with Gasteiger partial charge >= 0.3 is 6.18 Å². The van der Waals surface area contributed by atoms with Gasteiger partial charge in [0.2, 0.25) is 0 Å². The van der Waals surface area contributed by atoms with Crippen LogP contribution in [0.4, 0.5) is 17.6 Å². The first kappa shape index (κ1) is 20.5. The number of hydrogen-bond donors (Lipinski definition) is 2. The van der Waals surface area contributed by atoms with E-state index in [4.69, 9.17) is 0 Å². The summed E-state index contributed by atoms with van der Waals surface area (Å²) in [5.41, 5.74) is -1.21. The molecule has 6 atom stereocenters. The van der Waals surface area contributed by atoms with Crippen LogP contribution in [0.2, 0.25) is 0 Å². The van der Waals surface area contributed by atoms with Crippen molar-refractivity contribution < 1.29 is 22.7 Å². The highest BCUT2D eigenvalue weighted by Crippen LogP contribution is 2.86. The Bertz CT molecular complexity index is 878. The smallest absolute Gasteiger partial charge is 0.396 e. The number of halogens is 4. The number of aliphatic hydroxyl groups excluding tert-OH is 1. The molecule has 4 aliphatic rings. The minimum absolute atomic E-state index is 0.0869. The highest BCUT2D eigenvalue weighted by molar-refractivity contribution is 5.35. The van der Waals surface area contributed by atoms with E-state index in [0.29, 0.717) is 17.8 Å². The maximum atomic E-state index is 13.8. The number of nitrogens with one attached hydrogen (secondary N) is 1. The Balaban J connectivity index is 1.33. The Morgan fingerprint density at radius 1 is 1.30 bits per heavy atom. The van der Waals surface area contributed by atoms with E-state index >= 15 is 0 Å². The fourth-order valence-electron chi connectivity index (χ4n) is 7.43. The molecule has 4 unspecified atom stereocenters. The first-order valence-corrected chi connectivity index (χ1v) is 10.8. The molecule has 2 bridgehead atoms. The molecule has 1 aromatic rings. The van der Waals surface area contributed by atoms with Gasteiger partial charge in [-0.25, -0.2) is 4.68 Å². The molecular weight excluding hydrogens is 398 g/mol. The van der Waals surface area contributed by atoms with Crippen molar-refractivity contribution >= 4 is 6.20 Å². The fourth-order valence-corrected chi connectivity index (χ4v) is 7.43. The number of nitrogens with zero attached hydrogens (tertiary/aromatic N) is 2. The maximum absolute atomic E-state index is 13.8. The van der Waals surface area contributed by atoms with Gasteiger partial charge in [0.15, 0.2) is 5.69 Å². The van der Waals surface area contributed by atoms with Crippen molar-refractivity contribution in [2.75, 3.05) is 13.3 Å². The fraction of sp³-hybridized carbons (Fsp3) is 0.773. The molecule has 0 aliphatic heterocycles. The molecule has 0 radical (unpaired) electrons. The Hall–Kier alpha value is -1.41. The van der Waals surface area contributed by atoms with Crippen LogP contribution >= 0.6 is 0 Å². The molecule has 8 heteroatoms. The second kappa shape index (κ2) is 6.31. The number of fused-ring (bicyclic) bond motifs is 1. The van der Waals surface area contributed by atoms with Crippen molar-refractivity contribution in [3.63, 3.8) is 0 Å². The van der Waals surface area contributed by atoms with Gasteiger partial charge < -0.3 is 10.4 Å². The average Bonchev–Trinajstić information content (AvgIpc) is 3.32. The standard InChI is InChI=1S/C22H29F4N3O/c1-19(2,11-23)3-4-29-18(22(24,25)26)14(10-28-29)9-27-17-13-5-15-7-20(12-30)8-16(17)21(15,20)6-13/h3-4,10,13,15-17,27,30H,5-9,11-12H2,1-2H3/b4-3+/t13?,15?,16?,17-,20-,21?/m1/s1. The number of allylic oxidation sites excluding steroid dienone is 1. The predicted molar refractivity (Wildman–Crippen MR) is 104 cm³/mol. The van der Waals surface area contributed by atoms with E-state index in [-0.39, 0.29) is 35.6 Å². The van der Waals surface area contributed by atoms with E-state index in [2.05, 4.69) is 10.4 Å². The number of aromatic nitrogens is 2. The zero-order valence-electron chi connectivity index (χ0n) is 17.3. The van der Waals surface area contributed by atoms with Crippen molar-refractivity contribution in [2.45, 2.75) is 58.3 Å². The van der Waals surface area contributed by atoms with Crippen molar-refractivity contribution in [2.24, 2.45) is 34.0 Å². The van der Waals surface area contributed by atoms with Crippen LogP contribution in [0.15, 0.2) is 12.3 Å². The second-order valence-electron chi connectivity index (χ2n) is 10.7. The third kappa shape index (κ3) is 2.55. The van der Waals surface area contributed by atoms with Gasteiger partial charge in [-0.1, -0.05) is 19.9 Å². The molecule has 4 aliphatic carbocycles. The summed E-state index contributed by atoms with van der Waals surface area (Å²) in [6, 6.07) is 0.215. The van der Waals surface area contributed by atoms with Crippen LogP contribution < -0.4 is 5.32 Å². The third-order valence-electron chi connectivity index (χ3n) is 8.74. The molecule has 4 saturated carbocycles. The monoisotopic (exact) mass is 427 g/mol. The lowest BCUT2D eigenvalue weighted by atomic mass is 9.30. The number of aliphatic hydroxyl groups is 1. The van der Waals surface area contributed by atoms with E-state index in [1.165, 1.54) is 18.5 Å². The average molecular weight is 427 g/mol. The summed E-state index contributed by atoms with van der Waals surface area (Å²) in [5, 5.41) is 17.3. The van der Waals surface area contributed by atoms with Crippen molar-refractivity contribution in [1.82, 2.24) is 15.1 Å². The highest BCUT2D eigenvalue weighted by Gasteiger charge is 2.82. The molecule has 4 nitrogen and oxygen atoms in total. The number of hydrogen-bond acceptors (Lipinski definition) is 3. The van der Waals surface area contributed by atoms with E-state index in [0.717, 1.165) is 30.4 Å². The second-order valence-corrected chi connectivity index (χ2v) is 10.7. The molecular formula is C22H29F4N3O. The van der Waals surface area contributed by atoms with Gasteiger partial charge in [-0.2, -0.15) is 18.3 Å². The normalized spacial score (nSPS) is 39.3. The van der Waals surface area contributed by atoms with Crippen molar-refractivity contribution in [1.29, 1.82) is 0 Å². The van der Waals surface area contributed by atoms with E-state index in [9.17, 15) is 22.7 Å². The molecule has 0 aromatic carbocycles. The molecule has 1 heterocycles. The molecule has 0 saturated heterocycles. The molecule has 5 rings (SSSR count). The SMILES string of the molecule is CC(C)(/C=C/n1ncc(CN[C@@H]2C3CC4C[C@]5(CO)CC2C45C3)c1C(F)(F)F)CF. The lowest BCUT2D eigenvalue weighted by Gasteiger charge is -2.75. The number of alkyl halides is 4. The van der Waals surface area contributed by atoms with Crippen LogP contribution in [0.25, 0.3) is 6.20 Å². The van der Waals surface area contributed by atoms with Gasteiger partial charge in [0, 0.05) is 41.8 Å². The van der Waals surface area contributed by atoms with Crippen LogP contribution in [0.5, 0.6) is 0 Å². The molecule has 2 N–H and O–H groups in total. The Kier molecular flexibility index (Phi) is 4.31. The van der Waals surface area contributed by atoms with Crippen LogP contribution in [-0.2, 0) is 12.7 Å². The topological polar surface area (TPSA) is 50.1 Å². The number of rotatable bonds is 7. The Labute approximate surface area is 173 Å². The van der Waals surface area contributed by atoms with E-state index in [1.807, 2.05) is 0 Å². The van der Waals surface area contributed by atoms with Gasteiger partial charge in [0.25, 0.3) is 0 Å². The first-order valence-electron chi connectivity index (χ1n) is 10.8. The highest BCUT2D eigenvalue weighted by atomic mass is 19.4. The van der Waals surface area contributed by atoms with Gasteiger partial charge in [-0.3, -0.25) is 4.39 Å². The molecule has 4 fully saturated rings. The van der Waals surface area contributed by atoms with Gasteiger partial charge in [0.1, 0.15) is 0 Å². The lowest BCUT2D eigenvalue weighted by Crippen LogP contribution is -2.73. The summed E-state index contributed by atoms with van der Waals surface area (Å²) < 4.78 is 55.1. The molecule has 1 aromatic heterocycles. The zero-order chi connectivity index (χ0) is 21.5. The van der Waals surface area contributed by atoms with Gasteiger partial charge in [-0.15, -0.1) is 0 Å². The summed E-state index contributed by atoms with van der Waals surface area (Å²) in [6.45, 7) is 2.93. The summed E-state index contributed by atoms with van der Waals surface area (Å²) in [7, 11) is 0. The predicted octanol–water partition coefficient (Wildman–Crippen LogP) is 4.26. The molecule has 1 spiro atoms. The van der Waals surface area contributed by atoms with Crippen LogP contribution in [0.3, 0.4) is 0 Å². The summed E-state index contributed by atoms with van der Waals surface area (Å²) >= 11 is 0. The quantitative estimate of drug-likeness (QED) is 0.640. The summed E-state index contributed by atoms with van der Waals surface area (Å²) in [6.07, 6.45) is 3.68. The zero-order valence-corrected chi connectivity index (χ0v) is 17.3. The first-order chi connectivity index (χ1) is 14.1. The van der Waals surface area contributed by atoms with Gasteiger partial charge in [-0.05, 0) is 48.9 Å². The molecule has 0 amide bonds. The summed E-state index contributed by atoms with van der Waals surface area (Å²) in [5.74, 6) is 1.66. The lowest BCUT2D eigenvalue weighted by molar-refractivity contribution is -0.281. The Morgan fingerprint density at radius 2 is 2.07 bits per heavy atom.